The first kappa shape index (κ1) is 23.9. The number of carbonyl (C=O) groups excluding carboxylic acids is 3. The second-order valence-corrected chi connectivity index (χ2v) is 7.49. The third-order valence-electron chi connectivity index (χ3n) is 4.61. The summed E-state index contributed by atoms with van der Waals surface area (Å²) in [5.41, 5.74) is 2.24. The van der Waals surface area contributed by atoms with Gasteiger partial charge in [-0.1, -0.05) is 26.0 Å². The van der Waals surface area contributed by atoms with Crippen molar-refractivity contribution < 1.29 is 23.9 Å². The molecule has 2 rings (SSSR count). The maximum Gasteiger partial charge on any atom is 0.226 e. The van der Waals surface area contributed by atoms with Crippen LogP contribution in [0.3, 0.4) is 0 Å². The standard InChI is InChI=1S/C24H30N2O5/c1-16(2)24(29)26-20-10-7-18(8-11-20)15-25-23(28)6-5-13-31-21-12-9-19(17(3)27)14-22(21)30-4/h7-12,14,16H,5-6,13,15H2,1-4H3,(H,25,28)(H,26,29). The van der Waals surface area contributed by atoms with Gasteiger partial charge in [0.2, 0.25) is 11.8 Å². The van der Waals surface area contributed by atoms with Crippen LogP contribution in [0.2, 0.25) is 0 Å². The van der Waals surface area contributed by atoms with E-state index < -0.39 is 0 Å². The zero-order chi connectivity index (χ0) is 22.8. The third kappa shape index (κ3) is 7.77. The van der Waals surface area contributed by atoms with Crippen molar-refractivity contribution in [1.29, 1.82) is 0 Å². The van der Waals surface area contributed by atoms with Crippen LogP contribution in [-0.2, 0) is 16.1 Å². The van der Waals surface area contributed by atoms with Crippen LogP contribution < -0.4 is 20.1 Å². The van der Waals surface area contributed by atoms with E-state index in [2.05, 4.69) is 10.6 Å². The van der Waals surface area contributed by atoms with Gasteiger partial charge in [-0.2, -0.15) is 0 Å². The Morgan fingerprint density at radius 2 is 1.71 bits per heavy atom. The molecule has 2 aromatic rings. The Kier molecular flexibility index (Phi) is 9.06. The van der Waals surface area contributed by atoms with E-state index in [1.54, 1.807) is 18.2 Å². The lowest BCUT2D eigenvalue weighted by molar-refractivity contribution is -0.121. The third-order valence-corrected chi connectivity index (χ3v) is 4.61. The molecule has 0 atom stereocenters. The van der Waals surface area contributed by atoms with E-state index >= 15 is 0 Å². The molecule has 7 nitrogen and oxygen atoms in total. The number of methoxy groups -OCH3 is 1. The molecule has 2 aromatic carbocycles. The number of nitrogens with one attached hydrogen (secondary N) is 2. The smallest absolute Gasteiger partial charge is 0.226 e. The number of ether oxygens (including phenoxy) is 2. The zero-order valence-corrected chi connectivity index (χ0v) is 18.5. The maximum atomic E-state index is 12.1. The maximum absolute atomic E-state index is 12.1. The molecule has 0 saturated heterocycles. The van der Waals surface area contributed by atoms with Gasteiger partial charge in [0.05, 0.1) is 13.7 Å². The van der Waals surface area contributed by atoms with Gasteiger partial charge in [0.25, 0.3) is 0 Å². The number of benzene rings is 2. The molecule has 0 aliphatic carbocycles. The molecule has 0 fully saturated rings. The molecular formula is C24H30N2O5. The van der Waals surface area contributed by atoms with E-state index in [1.807, 2.05) is 38.1 Å². The van der Waals surface area contributed by atoms with E-state index in [4.69, 9.17) is 9.47 Å². The fraction of sp³-hybridized carbons (Fsp3) is 0.375. The molecule has 31 heavy (non-hydrogen) atoms. The lowest BCUT2D eigenvalue weighted by atomic mass is 10.1. The average Bonchev–Trinajstić information content (AvgIpc) is 2.76. The van der Waals surface area contributed by atoms with Gasteiger partial charge < -0.3 is 20.1 Å². The number of ketones is 1. The fourth-order valence-electron chi connectivity index (χ4n) is 2.70. The summed E-state index contributed by atoms with van der Waals surface area (Å²) in [5, 5.41) is 5.71. The minimum absolute atomic E-state index is 0.0318. The number of hydrogen-bond donors (Lipinski definition) is 2. The Balaban J connectivity index is 1.72. The largest absolute Gasteiger partial charge is 0.493 e. The highest BCUT2D eigenvalue weighted by molar-refractivity contribution is 5.94. The van der Waals surface area contributed by atoms with E-state index in [1.165, 1.54) is 14.0 Å². The lowest BCUT2D eigenvalue weighted by Gasteiger charge is -2.12. The van der Waals surface area contributed by atoms with E-state index in [0.717, 1.165) is 11.3 Å². The van der Waals surface area contributed by atoms with Crippen LogP contribution in [-0.4, -0.2) is 31.3 Å². The van der Waals surface area contributed by atoms with Gasteiger partial charge in [-0.3, -0.25) is 14.4 Å². The Labute approximate surface area is 183 Å². The topological polar surface area (TPSA) is 93.7 Å². The molecule has 0 spiro atoms. The van der Waals surface area contributed by atoms with Crippen LogP contribution in [0.5, 0.6) is 11.5 Å². The molecule has 0 unspecified atom stereocenters. The normalized spacial score (nSPS) is 10.5. The van der Waals surface area contributed by atoms with E-state index in [9.17, 15) is 14.4 Å². The molecule has 0 aromatic heterocycles. The fourth-order valence-corrected chi connectivity index (χ4v) is 2.70. The monoisotopic (exact) mass is 426 g/mol. The Hall–Kier alpha value is -3.35. The SMILES string of the molecule is COc1cc(C(C)=O)ccc1OCCCC(=O)NCc1ccc(NC(=O)C(C)C)cc1. The molecule has 0 radical (unpaired) electrons. The molecule has 0 aliphatic heterocycles. The van der Waals surface area contributed by atoms with Crippen molar-refractivity contribution in [2.45, 2.75) is 40.2 Å². The Bertz CT molecular complexity index is 907. The molecule has 0 bridgehead atoms. The molecule has 0 heterocycles. The quantitative estimate of drug-likeness (QED) is 0.419. The van der Waals surface area contributed by atoms with Gasteiger partial charge in [-0.25, -0.2) is 0 Å². The van der Waals surface area contributed by atoms with E-state index in [0.29, 0.717) is 43.1 Å². The van der Waals surface area contributed by atoms with Crippen LogP contribution in [0.4, 0.5) is 5.69 Å². The first-order valence-corrected chi connectivity index (χ1v) is 10.3. The van der Waals surface area contributed by atoms with Gasteiger partial charge in [0.1, 0.15) is 0 Å². The van der Waals surface area contributed by atoms with Crippen molar-refractivity contribution in [2.75, 3.05) is 19.0 Å². The second kappa shape index (κ2) is 11.7. The number of hydrogen-bond acceptors (Lipinski definition) is 5. The van der Waals surface area contributed by atoms with Gasteiger partial charge in [-0.15, -0.1) is 0 Å². The van der Waals surface area contributed by atoms with Crippen LogP contribution in [0.25, 0.3) is 0 Å². The van der Waals surface area contributed by atoms with Crippen molar-refractivity contribution in [3.05, 3.63) is 53.6 Å². The second-order valence-electron chi connectivity index (χ2n) is 7.49. The number of amides is 2. The Morgan fingerprint density at radius 1 is 1.00 bits per heavy atom. The number of Topliss-reactive ketones (excluding diaryl/α,β-unsaturated/α-hetero) is 1. The van der Waals surface area contributed by atoms with Gasteiger partial charge >= 0.3 is 0 Å². The molecule has 7 heteroatoms. The minimum Gasteiger partial charge on any atom is -0.493 e. The average molecular weight is 427 g/mol. The lowest BCUT2D eigenvalue weighted by Crippen LogP contribution is -2.23. The van der Waals surface area contributed by atoms with Crippen molar-refractivity contribution >= 4 is 23.3 Å². The van der Waals surface area contributed by atoms with E-state index in [-0.39, 0.29) is 23.5 Å². The molecule has 166 valence electrons. The first-order valence-electron chi connectivity index (χ1n) is 10.3. The predicted molar refractivity (Wildman–Crippen MR) is 119 cm³/mol. The summed E-state index contributed by atoms with van der Waals surface area (Å²) in [5.74, 6) is 0.804. The molecule has 2 amide bonds. The highest BCUT2D eigenvalue weighted by Crippen LogP contribution is 2.28. The summed E-state index contributed by atoms with van der Waals surface area (Å²) in [7, 11) is 1.52. The molecule has 0 saturated carbocycles. The molecule has 0 aliphatic rings. The number of carbonyl (C=O) groups is 3. The van der Waals surface area contributed by atoms with Crippen LogP contribution >= 0.6 is 0 Å². The summed E-state index contributed by atoms with van der Waals surface area (Å²) in [6.45, 7) is 5.94. The molecular weight excluding hydrogens is 396 g/mol. The van der Waals surface area contributed by atoms with Crippen molar-refractivity contribution in [3.63, 3.8) is 0 Å². The van der Waals surface area contributed by atoms with Crippen molar-refractivity contribution in [2.24, 2.45) is 5.92 Å². The highest BCUT2D eigenvalue weighted by Gasteiger charge is 2.09. The molecule has 2 N–H and O–H groups in total. The van der Waals surface area contributed by atoms with Crippen molar-refractivity contribution in [1.82, 2.24) is 5.32 Å². The summed E-state index contributed by atoms with van der Waals surface area (Å²) >= 11 is 0. The summed E-state index contributed by atoms with van der Waals surface area (Å²) in [4.78, 5) is 35.2. The van der Waals surface area contributed by atoms with Crippen LogP contribution in [0, 0.1) is 5.92 Å². The first-order chi connectivity index (χ1) is 14.8. The van der Waals surface area contributed by atoms with Crippen LogP contribution in [0.1, 0.15) is 49.5 Å². The summed E-state index contributed by atoms with van der Waals surface area (Å²) < 4.78 is 11.0. The number of rotatable bonds is 11. The summed E-state index contributed by atoms with van der Waals surface area (Å²) in [6.07, 6.45) is 0.875. The van der Waals surface area contributed by atoms with Crippen LogP contribution in [0.15, 0.2) is 42.5 Å². The Morgan fingerprint density at radius 3 is 2.32 bits per heavy atom. The zero-order valence-electron chi connectivity index (χ0n) is 18.5. The highest BCUT2D eigenvalue weighted by atomic mass is 16.5. The summed E-state index contributed by atoms with van der Waals surface area (Å²) in [6, 6.07) is 12.4. The van der Waals surface area contributed by atoms with Gasteiger partial charge in [0.15, 0.2) is 17.3 Å². The van der Waals surface area contributed by atoms with Crippen molar-refractivity contribution in [3.8, 4) is 11.5 Å². The number of anilines is 1. The van der Waals surface area contributed by atoms with Gasteiger partial charge in [0, 0.05) is 30.1 Å². The predicted octanol–water partition coefficient (Wildman–Crippen LogP) is 3.97. The van der Waals surface area contributed by atoms with Gasteiger partial charge in [-0.05, 0) is 49.2 Å². The minimum atomic E-state index is -0.0797.